The Kier molecular flexibility index (Phi) is 14.7. The average molecular weight is 484 g/mol. The Morgan fingerprint density at radius 2 is 0.833 bits per heavy atom. The van der Waals surface area contributed by atoms with Crippen LogP contribution in [0.2, 0.25) is 29.2 Å². The van der Waals surface area contributed by atoms with Crippen molar-refractivity contribution in [2.24, 2.45) is 0 Å². The lowest BCUT2D eigenvalue weighted by atomic mass is 10.3. The minimum absolute atomic E-state index is 0.236. The minimum Gasteiger partial charge on any atom is -0.377 e. The minimum atomic E-state index is -2.63. The Balaban J connectivity index is 5.51. The van der Waals surface area contributed by atoms with E-state index in [4.69, 9.17) is 26.6 Å². The first kappa shape index (κ1) is 30.4. The van der Waals surface area contributed by atoms with Gasteiger partial charge >= 0.3 is 17.6 Å². The molecule has 10 heteroatoms. The summed E-state index contributed by atoms with van der Waals surface area (Å²) in [6, 6.07) is 3.77. The first-order valence-corrected chi connectivity index (χ1v) is 17.4. The summed E-state index contributed by atoms with van der Waals surface area (Å²) in [6.07, 6.45) is 1.98. The molecule has 0 N–H and O–H groups in total. The summed E-state index contributed by atoms with van der Waals surface area (Å²) in [4.78, 5) is 0. The summed E-state index contributed by atoms with van der Waals surface area (Å²) in [7, 11) is 3.38. The van der Waals surface area contributed by atoms with Crippen LogP contribution in [0.25, 0.3) is 0 Å². The summed E-state index contributed by atoms with van der Waals surface area (Å²) >= 11 is 0. The zero-order valence-corrected chi connectivity index (χ0v) is 24.5. The van der Waals surface area contributed by atoms with Crippen molar-refractivity contribution in [3.63, 3.8) is 0 Å². The van der Waals surface area contributed by atoms with E-state index in [9.17, 15) is 0 Å². The summed E-state index contributed by atoms with van der Waals surface area (Å²) in [5.74, 6) is 0. The number of hydrogen-bond donors (Lipinski definition) is 0. The highest BCUT2D eigenvalue weighted by molar-refractivity contribution is 6.77. The third-order valence-electron chi connectivity index (χ3n) is 7.22. The molecule has 0 spiro atoms. The van der Waals surface area contributed by atoms with Crippen molar-refractivity contribution >= 4 is 25.8 Å². The lowest BCUT2D eigenvalue weighted by Crippen LogP contribution is -2.55. The van der Waals surface area contributed by atoms with Crippen LogP contribution in [0.1, 0.15) is 47.5 Å². The van der Waals surface area contributed by atoms with Crippen LogP contribution in [0.3, 0.4) is 0 Å². The Hall–Kier alpha value is 0.371. The van der Waals surface area contributed by atoms with Gasteiger partial charge < -0.3 is 31.1 Å². The van der Waals surface area contributed by atoms with Crippen molar-refractivity contribution in [2.75, 3.05) is 55.7 Å². The molecule has 0 amide bonds. The van der Waals surface area contributed by atoms with Crippen LogP contribution < -0.4 is 0 Å². The van der Waals surface area contributed by atoms with Crippen LogP contribution in [0.4, 0.5) is 0 Å². The second kappa shape index (κ2) is 14.5. The van der Waals surface area contributed by atoms with E-state index in [1.54, 1.807) is 42.7 Å². The average Bonchev–Trinajstić information content (AvgIpc) is 2.79. The zero-order valence-electron chi connectivity index (χ0n) is 21.5. The lowest BCUT2D eigenvalue weighted by Gasteiger charge is -2.43. The van der Waals surface area contributed by atoms with Gasteiger partial charge in [-0.05, 0) is 44.1 Å². The van der Waals surface area contributed by atoms with Crippen molar-refractivity contribution in [3.8, 4) is 0 Å². The molecule has 7 nitrogen and oxygen atoms in total. The molecule has 0 radical (unpaired) electrons. The summed E-state index contributed by atoms with van der Waals surface area (Å²) < 4.78 is 37.1. The number of nitrogens with zero attached hydrogens (tertiary/aromatic N) is 1. The Morgan fingerprint density at radius 3 is 1.03 bits per heavy atom. The van der Waals surface area contributed by atoms with Crippen molar-refractivity contribution in [1.82, 2.24) is 4.57 Å². The Morgan fingerprint density at radius 1 is 0.567 bits per heavy atom. The molecule has 0 fully saturated rings. The molecule has 0 aromatic rings. The van der Waals surface area contributed by atoms with Gasteiger partial charge in [-0.2, -0.15) is 0 Å². The van der Waals surface area contributed by atoms with Gasteiger partial charge in [0.1, 0.15) is 8.24 Å². The second-order valence-electron chi connectivity index (χ2n) is 8.08. The van der Waals surface area contributed by atoms with Crippen LogP contribution in [0.15, 0.2) is 0 Å². The van der Waals surface area contributed by atoms with E-state index in [2.05, 4.69) is 39.2 Å². The largest absolute Gasteiger partial charge is 0.503 e. The molecule has 0 saturated heterocycles. The van der Waals surface area contributed by atoms with Gasteiger partial charge in [-0.3, -0.25) is 0 Å². The fraction of sp³-hybridized carbons (Fsp3) is 1.00. The molecule has 0 aromatic carbocycles. The highest BCUT2D eigenvalue weighted by atomic mass is 28.4. The van der Waals surface area contributed by atoms with E-state index < -0.39 is 25.8 Å². The van der Waals surface area contributed by atoms with Gasteiger partial charge in [0.15, 0.2) is 0 Å². The van der Waals surface area contributed by atoms with E-state index in [-0.39, 0.29) is 11.1 Å². The van der Waals surface area contributed by atoms with Gasteiger partial charge in [0, 0.05) is 53.7 Å². The molecule has 182 valence electrons. The SMILES string of the molecule is CC[Si](CC)(CC)N(CCC(C)[Si](OC)(OC)OC)CCC(C)[Si](OC)(OC)OC. The molecule has 0 heterocycles. The van der Waals surface area contributed by atoms with Gasteiger partial charge in [-0.1, -0.05) is 34.6 Å². The molecule has 0 aliphatic rings. The first-order chi connectivity index (χ1) is 14.2. The van der Waals surface area contributed by atoms with E-state index in [0.29, 0.717) is 0 Å². The normalized spacial score (nSPS) is 15.6. The summed E-state index contributed by atoms with van der Waals surface area (Å²) in [6.45, 7) is 13.5. The molecule has 0 aliphatic heterocycles. The molecule has 2 unspecified atom stereocenters. The van der Waals surface area contributed by atoms with E-state index in [0.717, 1.165) is 25.9 Å². The second-order valence-corrected chi connectivity index (χ2v) is 20.1. The van der Waals surface area contributed by atoms with Gasteiger partial charge in [-0.25, -0.2) is 0 Å². The highest BCUT2D eigenvalue weighted by Crippen LogP contribution is 2.33. The maximum atomic E-state index is 5.72. The predicted octanol–water partition coefficient (Wildman–Crippen LogP) is 4.61. The molecular formula is C20H49NO6Si3. The molecule has 0 saturated carbocycles. The van der Waals surface area contributed by atoms with Crippen LogP contribution in [0, 0.1) is 0 Å². The first-order valence-electron chi connectivity index (χ1n) is 11.3. The number of hydrogen-bond acceptors (Lipinski definition) is 7. The summed E-state index contributed by atoms with van der Waals surface area (Å²) in [5, 5.41) is 0. The fourth-order valence-electron chi connectivity index (χ4n) is 4.77. The van der Waals surface area contributed by atoms with Crippen molar-refractivity contribution in [3.05, 3.63) is 0 Å². The lowest BCUT2D eigenvalue weighted by molar-refractivity contribution is 0.109. The molecule has 0 aromatic heterocycles. The van der Waals surface area contributed by atoms with Gasteiger partial charge in [0.05, 0.1) is 0 Å². The van der Waals surface area contributed by atoms with Crippen LogP contribution in [-0.4, -0.2) is 86.2 Å². The van der Waals surface area contributed by atoms with Crippen LogP contribution in [0.5, 0.6) is 0 Å². The fourth-order valence-corrected chi connectivity index (χ4v) is 13.2. The molecule has 30 heavy (non-hydrogen) atoms. The van der Waals surface area contributed by atoms with Crippen molar-refractivity contribution in [1.29, 1.82) is 0 Å². The van der Waals surface area contributed by atoms with Crippen molar-refractivity contribution in [2.45, 2.75) is 76.7 Å². The maximum absolute atomic E-state index is 5.72. The maximum Gasteiger partial charge on any atom is 0.503 e. The smallest absolute Gasteiger partial charge is 0.377 e. The topological polar surface area (TPSA) is 58.6 Å². The molecule has 0 aliphatic carbocycles. The predicted molar refractivity (Wildman–Crippen MR) is 130 cm³/mol. The monoisotopic (exact) mass is 483 g/mol. The van der Waals surface area contributed by atoms with Gasteiger partial charge in [-0.15, -0.1) is 0 Å². The molecule has 0 rings (SSSR count). The Bertz CT molecular complexity index is 393. The van der Waals surface area contributed by atoms with Crippen LogP contribution >= 0.6 is 0 Å². The van der Waals surface area contributed by atoms with Crippen LogP contribution in [-0.2, 0) is 26.6 Å². The standard InChI is InChI=1S/C20H49NO6Si3/c1-12-28(13-2,14-3)21(17-15-19(4)29(22-6,23-7)24-8)18-16-20(5)30(25-9,26-10)27-11/h19-20H,12-18H2,1-11H3. The van der Waals surface area contributed by atoms with E-state index in [1.807, 2.05) is 0 Å². The van der Waals surface area contributed by atoms with Crippen molar-refractivity contribution < 1.29 is 26.6 Å². The van der Waals surface area contributed by atoms with E-state index >= 15 is 0 Å². The van der Waals surface area contributed by atoms with Gasteiger partial charge in [0.25, 0.3) is 0 Å². The Labute approximate surface area is 189 Å². The third-order valence-corrected chi connectivity index (χ3v) is 19.4. The molecule has 0 bridgehead atoms. The summed E-state index contributed by atoms with van der Waals surface area (Å²) in [5.41, 5.74) is 0.472. The number of rotatable bonds is 18. The molecular weight excluding hydrogens is 434 g/mol. The van der Waals surface area contributed by atoms with E-state index in [1.165, 1.54) is 18.1 Å². The zero-order chi connectivity index (χ0) is 23.4. The quantitative estimate of drug-likeness (QED) is 0.264. The van der Waals surface area contributed by atoms with Gasteiger partial charge in [0.2, 0.25) is 0 Å². The third kappa shape index (κ3) is 6.93. The highest BCUT2D eigenvalue weighted by Gasteiger charge is 2.47. The molecule has 2 atom stereocenters.